The predicted octanol–water partition coefficient (Wildman–Crippen LogP) is -0.268. The first kappa shape index (κ1) is 12.2. The van der Waals surface area contributed by atoms with Gasteiger partial charge in [0, 0.05) is 0 Å². The Morgan fingerprint density at radius 1 is 1.50 bits per heavy atom. The van der Waals surface area contributed by atoms with Crippen LogP contribution in [0.2, 0.25) is 0 Å². The topological polar surface area (TPSA) is 97.0 Å². The van der Waals surface area contributed by atoms with E-state index in [1.807, 2.05) is 13.8 Å². The van der Waals surface area contributed by atoms with E-state index in [1.54, 1.807) is 0 Å². The van der Waals surface area contributed by atoms with Gasteiger partial charge in [-0.25, -0.2) is 9.78 Å². The molecule has 0 aliphatic carbocycles. The smallest absolute Gasteiger partial charge is 0.328 e. The molecule has 0 saturated carbocycles. The second kappa shape index (κ2) is 5.24. The Labute approximate surface area is 92.6 Å². The number of methoxy groups -OCH3 is 1. The molecule has 0 spiro atoms. The minimum Gasteiger partial charge on any atom is -0.467 e. The zero-order valence-corrected chi connectivity index (χ0v) is 9.35. The van der Waals surface area contributed by atoms with E-state index in [1.165, 1.54) is 13.4 Å². The van der Waals surface area contributed by atoms with Gasteiger partial charge >= 0.3 is 5.97 Å². The second-order valence-electron chi connectivity index (χ2n) is 3.55. The number of hydrogen-bond acceptors (Lipinski definition) is 5. The highest BCUT2D eigenvalue weighted by molar-refractivity contribution is 5.93. The van der Waals surface area contributed by atoms with Crippen molar-refractivity contribution in [3.63, 3.8) is 0 Å². The van der Waals surface area contributed by atoms with E-state index in [2.05, 4.69) is 25.2 Å². The first-order valence-electron chi connectivity index (χ1n) is 4.80. The summed E-state index contributed by atoms with van der Waals surface area (Å²) < 4.78 is 4.59. The standard InChI is InChI=1S/C9H14N4O3/c1-5(2)6(9(15)16-3)12-8(14)7-10-4-11-13-7/h4-6H,1-3H3,(H,12,14)(H,10,11,13)/t6-/m0/s1. The lowest BCUT2D eigenvalue weighted by Gasteiger charge is -2.18. The van der Waals surface area contributed by atoms with Gasteiger partial charge in [0.25, 0.3) is 5.91 Å². The van der Waals surface area contributed by atoms with E-state index >= 15 is 0 Å². The molecule has 1 atom stereocenters. The van der Waals surface area contributed by atoms with Gasteiger partial charge in [-0.15, -0.1) is 0 Å². The summed E-state index contributed by atoms with van der Waals surface area (Å²) in [7, 11) is 1.28. The summed E-state index contributed by atoms with van der Waals surface area (Å²) in [4.78, 5) is 26.6. The van der Waals surface area contributed by atoms with E-state index in [0.29, 0.717) is 0 Å². The van der Waals surface area contributed by atoms with Gasteiger partial charge in [0.05, 0.1) is 7.11 Å². The Kier molecular flexibility index (Phi) is 3.98. The summed E-state index contributed by atoms with van der Waals surface area (Å²) in [6.45, 7) is 3.62. The summed E-state index contributed by atoms with van der Waals surface area (Å²) in [5.74, 6) is -0.974. The number of esters is 1. The van der Waals surface area contributed by atoms with Crippen molar-refractivity contribution in [2.24, 2.45) is 5.92 Å². The first-order chi connectivity index (χ1) is 7.56. The number of rotatable bonds is 4. The molecule has 88 valence electrons. The fourth-order valence-electron chi connectivity index (χ4n) is 1.15. The molecule has 1 amide bonds. The summed E-state index contributed by atoms with van der Waals surface area (Å²) in [5, 5.41) is 8.48. The molecule has 16 heavy (non-hydrogen) atoms. The van der Waals surface area contributed by atoms with Gasteiger partial charge in [-0.2, -0.15) is 5.10 Å². The van der Waals surface area contributed by atoms with Crippen molar-refractivity contribution in [1.82, 2.24) is 20.5 Å². The zero-order valence-electron chi connectivity index (χ0n) is 9.35. The molecule has 0 aliphatic heterocycles. The van der Waals surface area contributed by atoms with Crippen LogP contribution in [0, 0.1) is 5.92 Å². The Bertz CT molecular complexity index is 361. The third kappa shape index (κ3) is 2.78. The summed E-state index contributed by atoms with van der Waals surface area (Å²) in [6, 6.07) is -0.692. The number of nitrogens with one attached hydrogen (secondary N) is 2. The summed E-state index contributed by atoms with van der Waals surface area (Å²) in [5.41, 5.74) is 0. The highest BCUT2D eigenvalue weighted by Crippen LogP contribution is 2.04. The minimum absolute atomic E-state index is 0.0644. The molecule has 2 N–H and O–H groups in total. The van der Waals surface area contributed by atoms with Crippen molar-refractivity contribution < 1.29 is 14.3 Å². The van der Waals surface area contributed by atoms with Crippen LogP contribution in [-0.4, -0.2) is 40.2 Å². The summed E-state index contributed by atoms with van der Waals surface area (Å²) >= 11 is 0. The van der Waals surface area contributed by atoms with E-state index in [-0.39, 0.29) is 11.7 Å². The molecule has 0 radical (unpaired) electrons. The third-order valence-corrected chi connectivity index (χ3v) is 2.04. The molecule has 7 heteroatoms. The molecule has 1 rings (SSSR count). The number of H-pyrrole nitrogens is 1. The number of hydrogen-bond donors (Lipinski definition) is 2. The van der Waals surface area contributed by atoms with Gasteiger partial charge < -0.3 is 10.1 Å². The van der Waals surface area contributed by atoms with Gasteiger partial charge in [0.2, 0.25) is 5.82 Å². The van der Waals surface area contributed by atoms with Crippen molar-refractivity contribution in [1.29, 1.82) is 0 Å². The number of carbonyl (C=O) groups excluding carboxylic acids is 2. The van der Waals surface area contributed by atoms with Gasteiger partial charge in [-0.3, -0.25) is 9.89 Å². The third-order valence-electron chi connectivity index (χ3n) is 2.04. The first-order valence-corrected chi connectivity index (χ1v) is 4.80. The van der Waals surface area contributed by atoms with Crippen LogP contribution >= 0.6 is 0 Å². The zero-order chi connectivity index (χ0) is 12.1. The van der Waals surface area contributed by atoms with E-state index in [9.17, 15) is 9.59 Å². The molecule has 1 aromatic heterocycles. The molecule has 0 saturated heterocycles. The molecule has 0 aliphatic rings. The largest absolute Gasteiger partial charge is 0.467 e. The Morgan fingerprint density at radius 3 is 2.62 bits per heavy atom. The van der Waals surface area contributed by atoms with Crippen LogP contribution in [0.4, 0.5) is 0 Å². The molecule has 1 heterocycles. The molecule has 0 aromatic carbocycles. The Balaban J connectivity index is 2.69. The number of ether oxygens (including phenoxy) is 1. The highest BCUT2D eigenvalue weighted by Gasteiger charge is 2.26. The van der Waals surface area contributed by atoms with Crippen LogP contribution < -0.4 is 5.32 Å². The van der Waals surface area contributed by atoms with Crippen LogP contribution in [0.5, 0.6) is 0 Å². The maximum atomic E-state index is 11.6. The van der Waals surface area contributed by atoms with Gasteiger partial charge in [0.15, 0.2) is 0 Å². The Hall–Kier alpha value is -1.92. The van der Waals surface area contributed by atoms with Gasteiger partial charge in [-0.05, 0) is 5.92 Å². The second-order valence-corrected chi connectivity index (χ2v) is 3.55. The number of amides is 1. The van der Waals surface area contributed by atoms with Crippen LogP contribution in [0.25, 0.3) is 0 Å². The van der Waals surface area contributed by atoms with E-state index in [0.717, 1.165) is 0 Å². The van der Waals surface area contributed by atoms with Crippen LogP contribution in [0.3, 0.4) is 0 Å². The Morgan fingerprint density at radius 2 is 2.19 bits per heavy atom. The highest BCUT2D eigenvalue weighted by atomic mass is 16.5. The lowest BCUT2D eigenvalue weighted by atomic mass is 10.0. The number of aromatic nitrogens is 3. The maximum absolute atomic E-state index is 11.6. The average molecular weight is 226 g/mol. The minimum atomic E-state index is -0.692. The molecule has 7 nitrogen and oxygen atoms in total. The molecule has 0 bridgehead atoms. The fraction of sp³-hybridized carbons (Fsp3) is 0.556. The monoisotopic (exact) mass is 226 g/mol. The van der Waals surface area contributed by atoms with Gasteiger partial charge in [0.1, 0.15) is 12.4 Å². The van der Waals surface area contributed by atoms with Crippen molar-refractivity contribution in [2.45, 2.75) is 19.9 Å². The molecule has 0 fully saturated rings. The summed E-state index contributed by atoms with van der Waals surface area (Å²) in [6.07, 6.45) is 1.22. The fourth-order valence-corrected chi connectivity index (χ4v) is 1.15. The maximum Gasteiger partial charge on any atom is 0.328 e. The van der Waals surface area contributed by atoms with Crippen molar-refractivity contribution in [2.75, 3.05) is 7.11 Å². The van der Waals surface area contributed by atoms with Crippen molar-refractivity contribution in [3.05, 3.63) is 12.2 Å². The lowest BCUT2D eigenvalue weighted by Crippen LogP contribution is -2.45. The van der Waals surface area contributed by atoms with Crippen LogP contribution in [-0.2, 0) is 9.53 Å². The quantitative estimate of drug-likeness (QED) is 0.689. The van der Waals surface area contributed by atoms with E-state index < -0.39 is 17.9 Å². The van der Waals surface area contributed by atoms with Crippen molar-refractivity contribution >= 4 is 11.9 Å². The number of carbonyl (C=O) groups is 2. The molecule has 0 unspecified atom stereocenters. The van der Waals surface area contributed by atoms with Gasteiger partial charge in [-0.1, -0.05) is 13.8 Å². The lowest BCUT2D eigenvalue weighted by molar-refractivity contribution is -0.144. The SMILES string of the molecule is COC(=O)[C@@H](NC(=O)c1ncn[nH]1)C(C)C. The van der Waals surface area contributed by atoms with E-state index in [4.69, 9.17) is 0 Å². The molecular weight excluding hydrogens is 212 g/mol. The van der Waals surface area contributed by atoms with Crippen LogP contribution in [0.1, 0.15) is 24.5 Å². The predicted molar refractivity (Wildman–Crippen MR) is 54.5 cm³/mol. The average Bonchev–Trinajstić information content (AvgIpc) is 2.77. The van der Waals surface area contributed by atoms with Crippen molar-refractivity contribution in [3.8, 4) is 0 Å². The normalized spacial score (nSPS) is 12.2. The number of aromatic amines is 1. The number of nitrogens with zero attached hydrogens (tertiary/aromatic N) is 2. The molecular formula is C9H14N4O3. The van der Waals surface area contributed by atoms with Crippen LogP contribution in [0.15, 0.2) is 6.33 Å². The molecule has 1 aromatic rings.